The first-order chi connectivity index (χ1) is 7.61. The van der Waals surface area contributed by atoms with Crippen LogP contribution in [0.4, 0.5) is 5.82 Å². The highest BCUT2D eigenvalue weighted by molar-refractivity contribution is 5.70. The van der Waals surface area contributed by atoms with Crippen LogP contribution in [0.25, 0.3) is 11.3 Å². The molecule has 84 valence electrons. The number of nitrogens with zero attached hydrogens (tertiary/aromatic N) is 1. The van der Waals surface area contributed by atoms with Gasteiger partial charge in [-0.3, -0.25) is 5.10 Å². The molecule has 4 nitrogen and oxygen atoms in total. The quantitative estimate of drug-likeness (QED) is 0.811. The number of anilines is 1. The zero-order chi connectivity index (χ0) is 11.7. The van der Waals surface area contributed by atoms with E-state index in [0.29, 0.717) is 5.82 Å². The summed E-state index contributed by atoms with van der Waals surface area (Å²) in [7, 11) is 1.66. The Hall–Kier alpha value is -1.97. The van der Waals surface area contributed by atoms with E-state index in [1.54, 1.807) is 13.2 Å². The molecule has 0 radical (unpaired) electrons. The van der Waals surface area contributed by atoms with Crippen LogP contribution in [-0.4, -0.2) is 17.3 Å². The van der Waals surface area contributed by atoms with E-state index in [1.165, 1.54) is 11.1 Å². The van der Waals surface area contributed by atoms with E-state index in [-0.39, 0.29) is 0 Å². The molecule has 0 fully saturated rings. The van der Waals surface area contributed by atoms with Gasteiger partial charge in [0.1, 0.15) is 11.6 Å². The van der Waals surface area contributed by atoms with Crippen molar-refractivity contribution in [2.75, 3.05) is 12.8 Å². The second-order valence-electron chi connectivity index (χ2n) is 3.84. The summed E-state index contributed by atoms with van der Waals surface area (Å²) in [6.07, 6.45) is 0. The van der Waals surface area contributed by atoms with E-state index < -0.39 is 0 Å². The molecule has 3 N–H and O–H groups in total. The third-order valence-electron chi connectivity index (χ3n) is 2.70. The Kier molecular flexibility index (Phi) is 2.56. The molecule has 16 heavy (non-hydrogen) atoms. The minimum Gasteiger partial charge on any atom is -0.496 e. The Labute approximate surface area is 94.4 Å². The topological polar surface area (TPSA) is 63.9 Å². The normalized spacial score (nSPS) is 10.4. The smallest absolute Gasteiger partial charge is 0.145 e. The van der Waals surface area contributed by atoms with Crippen molar-refractivity contribution in [1.82, 2.24) is 10.2 Å². The molecule has 0 atom stereocenters. The van der Waals surface area contributed by atoms with Gasteiger partial charge in [0.2, 0.25) is 0 Å². The molecule has 0 unspecified atom stereocenters. The number of aromatic amines is 1. The van der Waals surface area contributed by atoms with Crippen LogP contribution in [-0.2, 0) is 0 Å². The van der Waals surface area contributed by atoms with Crippen LogP contribution in [0.1, 0.15) is 11.1 Å². The molecule has 0 spiro atoms. The molecule has 1 heterocycles. The number of aryl methyl sites for hydroxylation is 2. The van der Waals surface area contributed by atoms with E-state index in [1.807, 2.05) is 6.07 Å². The number of H-pyrrole nitrogens is 1. The Morgan fingerprint density at radius 2 is 1.88 bits per heavy atom. The van der Waals surface area contributed by atoms with Crippen LogP contribution in [0, 0.1) is 13.8 Å². The lowest BCUT2D eigenvalue weighted by Crippen LogP contribution is -1.91. The molecule has 0 bridgehead atoms. The van der Waals surface area contributed by atoms with Crippen molar-refractivity contribution in [3.8, 4) is 17.0 Å². The maximum atomic E-state index is 5.59. The highest BCUT2D eigenvalue weighted by Crippen LogP contribution is 2.31. The molecule has 0 amide bonds. The molecule has 2 aromatic rings. The summed E-state index contributed by atoms with van der Waals surface area (Å²) >= 11 is 0. The third-order valence-corrected chi connectivity index (χ3v) is 2.70. The van der Waals surface area contributed by atoms with Gasteiger partial charge in [-0.2, -0.15) is 5.10 Å². The fourth-order valence-electron chi connectivity index (χ4n) is 1.64. The van der Waals surface area contributed by atoms with Gasteiger partial charge < -0.3 is 10.5 Å². The fourth-order valence-corrected chi connectivity index (χ4v) is 1.64. The van der Waals surface area contributed by atoms with E-state index in [2.05, 4.69) is 30.1 Å². The molecular formula is C12H15N3O. The van der Waals surface area contributed by atoms with E-state index >= 15 is 0 Å². The van der Waals surface area contributed by atoms with Crippen LogP contribution >= 0.6 is 0 Å². The monoisotopic (exact) mass is 217 g/mol. The van der Waals surface area contributed by atoms with Crippen molar-refractivity contribution < 1.29 is 4.74 Å². The zero-order valence-corrected chi connectivity index (χ0v) is 9.66. The Morgan fingerprint density at radius 1 is 1.19 bits per heavy atom. The Balaban J connectivity index is 2.59. The van der Waals surface area contributed by atoms with Crippen LogP contribution in [0.15, 0.2) is 18.2 Å². The lowest BCUT2D eigenvalue weighted by Gasteiger charge is -2.10. The minimum atomic E-state index is 0.482. The summed E-state index contributed by atoms with van der Waals surface area (Å²) in [4.78, 5) is 0. The van der Waals surface area contributed by atoms with E-state index in [4.69, 9.17) is 10.5 Å². The molecule has 0 aliphatic heterocycles. The summed E-state index contributed by atoms with van der Waals surface area (Å²) in [5, 5.41) is 6.81. The number of nitrogens with one attached hydrogen (secondary N) is 1. The summed E-state index contributed by atoms with van der Waals surface area (Å²) in [5.74, 6) is 1.31. The van der Waals surface area contributed by atoms with Crippen molar-refractivity contribution >= 4 is 5.82 Å². The van der Waals surface area contributed by atoms with Crippen LogP contribution in [0.3, 0.4) is 0 Å². The number of benzene rings is 1. The van der Waals surface area contributed by atoms with Crippen molar-refractivity contribution in [2.45, 2.75) is 13.8 Å². The van der Waals surface area contributed by atoms with Gasteiger partial charge in [0.15, 0.2) is 0 Å². The lowest BCUT2D eigenvalue weighted by atomic mass is 10.0. The number of rotatable bonds is 2. The van der Waals surface area contributed by atoms with Crippen LogP contribution < -0.4 is 10.5 Å². The standard InChI is InChI=1S/C12H15N3O/c1-7-4-9(10-6-12(13)15-14-10)11(16-3)5-8(7)2/h4-6H,1-3H3,(H3,13,14,15). The molecule has 0 saturated carbocycles. The van der Waals surface area contributed by atoms with Crippen LogP contribution in [0.5, 0.6) is 5.75 Å². The second kappa shape index (κ2) is 3.89. The summed E-state index contributed by atoms with van der Waals surface area (Å²) in [6.45, 7) is 4.13. The van der Waals surface area contributed by atoms with Gasteiger partial charge in [-0.25, -0.2) is 0 Å². The van der Waals surface area contributed by atoms with Gasteiger partial charge in [-0.05, 0) is 37.1 Å². The molecule has 1 aromatic carbocycles. The number of aromatic nitrogens is 2. The van der Waals surface area contributed by atoms with E-state index in [9.17, 15) is 0 Å². The first kappa shape index (κ1) is 10.5. The predicted molar refractivity (Wildman–Crippen MR) is 64.5 cm³/mol. The average Bonchev–Trinajstić information content (AvgIpc) is 2.68. The maximum absolute atomic E-state index is 5.59. The van der Waals surface area contributed by atoms with Gasteiger partial charge in [-0.1, -0.05) is 0 Å². The highest BCUT2D eigenvalue weighted by atomic mass is 16.5. The molecular weight excluding hydrogens is 202 g/mol. The minimum absolute atomic E-state index is 0.482. The lowest BCUT2D eigenvalue weighted by molar-refractivity contribution is 0.416. The summed E-state index contributed by atoms with van der Waals surface area (Å²) < 4.78 is 5.36. The molecule has 1 aromatic heterocycles. The van der Waals surface area contributed by atoms with Gasteiger partial charge in [0, 0.05) is 11.6 Å². The number of ether oxygens (including phenoxy) is 1. The predicted octanol–water partition coefficient (Wildman–Crippen LogP) is 2.28. The summed E-state index contributed by atoms with van der Waals surface area (Å²) in [6, 6.07) is 5.88. The highest BCUT2D eigenvalue weighted by Gasteiger charge is 2.10. The average molecular weight is 217 g/mol. The molecule has 0 saturated heterocycles. The third kappa shape index (κ3) is 1.74. The van der Waals surface area contributed by atoms with Gasteiger partial charge in [0.25, 0.3) is 0 Å². The first-order valence-electron chi connectivity index (χ1n) is 5.08. The summed E-state index contributed by atoms with van der Waals surface area (Å²) in [5.41, 5.74) is 9.86. The van der Waals surface area contributed by atoms with Crippen molar-refractivity contribution in [2.24, 2.45) is 0 Å². The maximum Gasteiger partial charge on any atom is 0.145 e. The second-order valence-corrected chi connectivity index (χ2v) is 3.84. The number of hydrogen-bond acceptors (Lipinski definition) is 3. The Bertz CT molecular complexity index is 517. The molecule has 0 aliphatic carbocycles. The fraction of sp³-hybridized carbons (Fsp3) is 0.250. The van der Waals surface area contributed by atoms with Gasteiger partial charge in [0.05, 0.1) is 12.8 Å². The number of nitrogens with two attached hydrogens (primary N) is 1. The first-order valence-corrected chi connectivity index (χ1v) is 5.08. The van der Waals surface area contributed by atoms with Crippen molar-refractivity contribution in [1.29, 1.82) is 0 Å². The molecule has 0 aliphatic rings. The van der Waals surface area contributed by atoms with E-state index in [0.717, 1.165) is 17.0 Å². The van der Waals surface area contributed by atoms with Gasteiger partial charge in [-0.15, -0.1) is 0 Å². The molecule has 4 heteroatoms. The van der Waals surface area contributed by atoms with Crippen molar-refractivity contribution in [3.63, 3.8) is 0 Å². The SMILES string of the molecule is COc1cc(C)c(C)cc1-c1cc(N)n[nH]1. The number of methoxy groups -OCH3 is 1. The number of nitrogen functional groups attached to an aromatic ring is 1. The Morgan fingerprint density at radius 3 is 2.44 bits per heavy atom. The largest absolute Gasteiger partial charge is 0.496 e. The molecule has 2 rings (SSSR count). The van der Waals surface area contributed by atoms with Crippen LogP contribution in [0.2, 0.25) is 0 Å². The number of hydrogen-bond donors (Lipinski definition) is 2. The zero-order valence-electron chi connectivity index (χ0n) is 9.66. The van der Waals surface area contributed by atoms with Crippen molar-refractivity contribution in [3.05, 3.63) is 29.3 Å². The van der Waals surface area contributed by atoms with Gasteiger partial charge >= 0.3 is 0 Å².